The number of halogens is 1. The van der Waals surface area contributed by atoms with Gasteiger partial charge in [-0.1, -0.05) is 22.0 Å². The first-order valence-corrected chi connectivity index (χ1v) is 6.37. The number of rotatable bonds is 3. The average molecular weight is 307 g/mol. The van der Waals surface area contributed by atoms with Crippen LogP contribution in [0.5, 0.6) is 0 Å². The van der Waals surface area contributed by atoms with Gasteiger partial charge in [-0.2, -0.15) is 0 Å². The third kappa shape index (κ3) is 2.83. The van der Waals surface area contributed by atoms with E-state index < -0.39 is 0 Å². The lowest BCUT2D eigenvalue weighted by Gasteiger charge is -2.16. The van der Waals surface area contributed by atoms with E-state index in [-0.39, 0.29) is 0 Å². The van der Waals surface area contributed by atoms with Crippen LogP contribution in [0.2, 0.25) is 0 Å². The summed E-state index contributed by atoms with van der Waals surface area (Å²) in [7, 11) is 1.82. The van der Waals surface area contributed by atoms with Crippen molar-refractivity contribution in [1.82, 2.24) is 0 Å². The summed E-state index contributed by atoms with van der Waals surface area (Å²) < 4.78 is 6.38. The summed E-state index contributed by atoms with van der Waals surface area (Å²) in [6, 6.07) is 7.90. The fourth-order valence-corrected chi connectivity index (χ4v) is 2.19. The number of aryl methyl sites for hydroxylation is 1. The molecule has 1 aromatic carbocycles. The van der Waals surface area contributed by atoms with Gasteiger partial charge in [0.2, 0.25) is 0 Å². The van der Waals surface area contributed by atoms with E-state index in [1.165, 1.54) is 0 Å². The summed E-state index contributed by atoms with van der Waals surface area (Å²) in [6.07, 6.45) is 5.65. The van der Waals surface area contributed by atoms with Gasteiger partial charge in [0.1, 0.15) is 5.76 Å². The number of hydrogen-bond donors (Lipinski definition) is 1. The molecule has 1 aromatic heterocycles. The molecule has 0 fully saturated rings. The molecule has 0 spiro atoms. The van der Waals surface area contributed by atoms with E-state index >= 15 is 0 Å². The second-order valence-corrected chi connectivity index (χ2v) is 5.00. The van der Waals surface area contributed by atoms with Crippen molar-refractivity contribution in [3.05, 3.63) is 51.9 Å². The molecule has 4 heteroatoms. The number of hydrogen-bond acceptors (Lipinski definition) is 3. The highest BCUT2D eigenvalue weighted by atomic mass is 79.9. The Morgan fingerprint density at radius 2 is 2.11 bits per heavy atom. The molecule has 1 heterocycles. The van der Waals surface area contributed by atoms with Gasteiger partial charge in [-0.15, -0.1) is 0 Å². The Balaban J connectivity index is 2.36. The second kappa shape index (κ2) is 5.42. The lowest BCUT2D eigenvalue weighted by molar-refractivity contribution is 0.555. The van der Waals surface area contributed by atoms with E-state index in [0.717, 1.165) is 27.0 Å². The number of nitrogens with two attached hydrogens (primary N) is 1. The van der Waals surface area contributed by atoms with E-state index in [2.05, 4.69) is 15.9 Å². The molecule has 0 aliphatic carbocycles. The Morgan fingerprint density at radius 1 is 1.33 bits per heavy atom. The molecule has 94 valence electrons. The Kier molecular flexibility index (Phi) is 3.89. The highest BCUT2D eigenvalue weighted by molar-refractivity contribution is 9.10. The summed E-state index contributed by atoms with van der Waals surface area (Å²) in [6.45, 7) is 2.00. The topological polar surface area (TPSA) is 42.4 Å². The number of furan rings is 1. The molecule has 0 saturated heterocycles. The first kappa shape index (κ1) is 12.9. The number of benzene rings is 1. The number of anilines is 1. The fraction of sp³-hybridized carbons (Fsp3) is 0.143. The van der Waals surface area contributed by atoms with Crippen LogP contribution in [0.15, 0.2) is 39.4 Å². The molecule has 0 bridgehead atoms. The first-order valence-electron chi connectivity index (χ1n) is 5.58. The second-order valence-electron chi connectivity index (χ2n) is 4.14. The van der Waals surface area contributed by atoms with Gasteiger partial charge in [-0.3, -0.25) is 0 Å². The van der Waals surface area contributed by atoms with Crippen LogP contribution in [0.4, 0.5) is 5.69 Å². The summed E-state index contributed by atoms with van der Waals surface area (Å²) >= 11 is 3.53. The molecule has 0 amide bonds. The van der Waals surface area contributed by atoms with Gasteiger partial charge in [0.15, 0.2) is 0 Å². The zero-order valence-electron chi connectivity index (χ0n) is 10.4. The maximum atomic E-state index is 5.81. The normalized spacial score (nSPS) is 11.1. The lowest BCUT2D eigenvalue weighted by Crippen LogP contribution is -2.25. The zero-order valence-corrected chi connectivity index (χ0v) is 11.9. The van der Waals surface area contributed by atoms with Crippen LogP contribution in [-0.2, 0) is 0 Å². The van der Waals surface area contributed by atoms with Crippen molar-refractivity contribution in [3.63, 3.8) is 0 Å². The Hall–Kier alpha value is -1.52. The third-order valence-electron chi connectivity index (χ3n) is 2.57. The van der Waals surface area contributed by atoms with Gasteiger partial charge in [-0.05, 0) is 42.8 Å². The summed E-state index contributed by atoms with van der Waals surface area (Å²) in [5.74, 6) is 6.64. The van der Waals surface area contributed by atoms with Crippen LogP contribution in [-0.4, -0.2) is 7.05 Å². The van der Waals surface area contributed by atoms with Crippen LogP contribution < -0.4 is 10.9 Å². The highest BCUT2D eigenvalue weighted by Crippen LogP contribution is 2.28. The van der Waals surface area contributed by atoms with Crippen LogP contribution in [0, 0.1) is 6.92 Å². The van der Waals surface area contributed by atoms with Gasteiger partial charge in [-0.25, -0.2) is 5.84 Å². The molecule has 0 saturated carbocycles. The molecule has 2 aromatic rings. The Morgan fingerprint density at radius 3 is 2.72 bits per heavy atom. The summed E-state index contributed by atoms with van der Waals surface area (Å²) in [5.41, 5.74) is 3.08. The van der Waals surface area contributed by atoms with Crippen LogP contribution in [0.25, 0.3) is 12.2 Å². The van der Waals surface area contributed by atoms with Crippen molar-refractivity contribution >= 4 is 33.8 Å². The van der Waals surface area contributed by atoms with Gasteiger partial charge < -0.3 is 9.43 Å². The Labute approximate surface area is 115 Å². The molecule has 2 N–H and O–H groups in total. The smallest absolute Gasteiger partial charge is 0.126 e. The predicted molar refractivity (Wildman–Crippen MR) is 79.1 cm³/mol. The van der Waals surface area contributed by atoms with Crippen molar-refractivity contribution in [2.45, 2.75) is 6.92 Å². The third-order valence-corrected chi connectivity index (χ3v) is 3.27. The van der Waals surface area contributed by atoms with Crippen LogP contribution >= 0.6 is 15.9 Å². The maximum Gasteiger partial charge on any atom is 0.126 e. The highest BCUT2D eigenvalue weighted by Gasteiger charge is 2.05. The zero-order chi connectivity index (χ0) is 13.1. The average Bonchev–Trinajstić information content (AvgIpc) is 2.73. The molecular weight excluding hydrogens is 292 g/mol. The maximum absolute atomic E-state index is 5.81. The molecular formula is C14H15BrN2O. The molecule has 3 nitrogen and oxygen atoms in total. The van der Waals surface area contributed by atoms with E-state index in [1.54, 1.807) is 11.3 Å². The minimum absolute atomic E-state index is 0.828. The van der Waals surface area contributed by atoms with Gasteiger partial charge >= 0.3 is 0 Å². The van der Waals surface area contributed by atoms with E-state index in [1.807, 2.05) is 50.4 Å². The number of nitrogens with zero attached hydrogens (tertiary/aromatic N) is 1. The molecule has 0 radical (unpaired) electrons. The number of hydrazine groups is 1. The minimum atomic E-state index is 0.828. The van der Waals surface area contributed by atoms with Crippen LogP contribution in [0.3, 0.4) is 0 Å². The van der Waals surface area contributed by atoms with Crippen molar-refractivity contribution < 1.29 is 4.42 Å². The standard InChI is InChI=1S/C14H15BrN2O/c1-10-8-11(18-9-10)6-7-12-13(15)4-3-5-14(12)17(2)16/h3-9H,16H2,1-2H3/b7-6+. The lowest BCUT2D eigenvalue weighted by atomic mass is 10.1. The molecule has 2 rings (SSSR count). The Bertz CT molecular complexity index is 573. The van der Waals surface area contributed by atoms with E-state index in [9.17, 15) is 0 Å². The summed E-state index contributed by atoms with van der Waals surface area (Å²) in [5, 5.41) is 1.60. The summed E-state index contributed by atoms with van der Waals surface area (Å²) in [4.78, 5) is 0. The fourth-order valence-electron chi connectivity index (χ4n) is 1.70. The van der Waals surface area contributed by atoms with Crippen molar-refractivity contribution in [2.75, 3.05) is 12.1 Å². The minimum Gasteiger partial charge on any atom is -0.465 e. The van der Waals surface area contributed by atoms with Crippen LogP contribution in [0.1, 0.15) is 16.9 Å². The van der Waals surface area contributed by atoms with Crippen molar-refractivity contribution in [2.24, 2.45) is 5.84 Å². The van der Waals surface area contributed by atoms with Crippen molar-refractivity contribution in [1.29, 1.82) is 0 Å². The van der Waals surface area contributed by atoms with Gasteiger partial charge in [0.25, 0.3) is 0 Å². The first-order chi connectivity index (χ1) is 8.58. The quantitative estimate of drug-likeness (QED) is 0.692. The molecule has 0 atom stereocenters. The monoisotopic (exact) mass is 306 g/mol. The van der Waals surface area contributed by atoms with E-state index in [0.29, 0.717) is 0 Å². The predicted octanol–water partition coefficient (Wildman–Crippen LogP) is 3.83. The largest absolute Gasteiger partial charge is 0.465 e. The molecule has 18 heavy (non-hydrogen) atoms. The van der Waals surface area contributed by atoms with Crippen molar-refractivity contribution in [3.8, 4) is 0 Å². The van der Waals surface area contributed by atoms with Gasteiger partial charge in [0.05, 0.1) is 12.0 Å². The molecule has 0 aliphatic rings. The molecule has 0 unspecified atom stereocenters. The van der Waals surface area contributed by atoms with Gasteiger partial charge in [0, 0.05) is 17.1 Å². The molecule has 0 aliphatic heterocycles. The van der Waals surface area contributed by atoms with E-state index in [4.69, 9.17) is 10.3 Å². The SMILES string of the molecule is Cc1coc(/C=C/c2c(Br)cccc2N(C)N)c1.